The number of hydrogen-bond donors (Lipinski definition) is 1. The normalized spacial score (nSPS) is 11.4. The van der Waals surface area contributed by atoms with E-state index in [0.29, 0.717) is 11.8 Å². The molecule has 0 saturated heterocycles. The van der Waals surface area contributed by atoms with Crippen molar-refractivity contribution in [1.82, 2.24) is 15.2 Å². The molecule has 0 aromatic carbocycles. The van der Waals surface area contributed by atoms with Crippen LogP contribution in [0.4, 0.5) is 13.2 Å². The molecule has 0 aliphatic carbocycles. The zero-order valence-electron chi connectivity index (χ0n) is 9.78. The number of alkyl halides is 3. The molecule has 1 N–H and O–H groups in total. The van der Waals surface area contributed by atoms with Gasteiger partial charge in [-0.1, -0.05) is 11.8 Å². The Balaban J connectivity index is 2.42. The minimum absolute atomic E-state index is 0.162. The molecule has 0 saturated carbocycles. The van der Waals surface area contributed by atoms with Gasteiger partial charge in [0, 0.05) is 0 Å². The van der Waals surface area contributed by atoms with Gasteiger partial charge in [-0.15, -0.1) is 5.10 Å². The quantitative estimate of drug-likeness (QED) is 0.486. The Bertz CT molecular complexity index is 461. The van der Waals surface area contributed by atoms with E-state index in [2.05, 4.69) is 14.8 Å². The average Bonchev–Trinajstić information content (AvgIpc) is 2.74. The van der Waals surface area contributed by atoms with Gasteiger partial charge in [-0.05, 0) is 6.92 Å². The third-order valence-corrected chi connectivity index (χ3v) is 2.65. The first-order valence-electron chi connectivity index (χ1n) is 5.12. The number of nitrogens with one attached hydrogen (secondary N) is 1. The molecule has 1 aromatic heterocycles. The summed E-state index contributed by atoms with van der Waals surface area (Å²) in [5.41, 5.74) is 0. The number of aromatic nitrogens is 3. The lowest BCUT2D eigenvalue weighted by molar-refractivity contribution is -0.146. The number of carbonyl (C=O) groups excluding carboxylic acids is 2. The van der Waals surface area contributed by atoms with Crippen molar-refractivity contribution in [2.24, 2.45) is 0 Å². The third-order valence-electron chi connectivity index (χ3n) is 1.74. The SMILES string of the molecule is CCOC(=O)CC(=O)CSc1n[nH]c(C(F)(F)F)n1. The Kier molecular flexibility index (Phi) is 5.33. The minimum atomic E-state index is -4.61. The van der Waals surface area contributed by atoms with Crippen LogP contribution < -0.4 is 0 Å². The highest BCUT2D eigenvalue weighted by Gasteiger charge is 2.35. The van der Waals surface area contributed by atoms with Crippen LogP contribution in [0.2, 0.25) is 0 Å². The molecular formula is C9H10F3N3O3S. The number of carbonyl (C=O) groups is 2. The Morgan fingerprint density at radius 3 is 2.63 bits per heavy atom. The van der Waals surface area contributed by atoms with Gasteiger partial charge < -0.3 is 4.74 Å². The topological polar surface area (TPSA) is 84.9 Å². The Labute approximate surface area is 110 Å². The van der Waals surface area contributed by atoms with Crippen molar-refractivity contribution in [3.63, 3.8) is 0 Å². The Hall–Kier alpha value is -1.58. The maximum absolute atomic E-state index is 12.2. The van der Waals surface area contributed by atoms with Gasteiger partial charge >= 0.3 is 12.1 Å². The number of rotatable bonds is 6. The zero-order chi connectivity index (χ0) is 14.5. The monoisotopic (exact) mass is 297 g/mol. The first-order valence-corrected chi connectivity index (χ1v) is 6.11. The number of H-pyrrole nitrogens is 1. The fraction of sp³-hybridized carbons (Fsp3) is 0.556. The molecule has 106 valence electrons. The molecule has 19 heavy (non-hydrogen) atoms. The number of halogens is 3. The van der Waals surface area contributed by atoms with Crippen molar-refractivity contribution >= 4 is 23.5 Å². The standard InChI is InChI=1S/C9H10F3N3O3S/c1-2-18-6(17)3-5(16)4-19-8-13-7(14-15-8)9(10,11)12/h2-4H2,1H3,(H,13,14,15). The molecule has 0 amide bonds. The van der Waals surface area contributed by atoms with Crippen LogP contribution >= 0.6 is 11.8 Å². The number of hydrogen-bond acceptors (Lipinski definition) is 6. The lowest BCUT2D eigenvalue weighted by atomic mass is 10.3. The van der Waals surface area contributed by atoms with Gasteiger partial charge in [-0.25, -0.2) is 0 Å². The van der Waals surface area contributed by atoms with E-state index in [0.717, 1.165) is 0 Å². The molecule has 0 unspecified atom stereocenters. The second-order valence-electron chi connectivity index (χ2n) is 3.27. The molecular weight excluding hydrogens is 287 g/mol. The highest BCUT2D eigenvalue weighted by atomic mass is 32.2. The zero-order valence-corrected chi connectivity index (χ0v) is 10.6. The van der Waals surface area contributed by atoms with E-state index in [-0.39, 0.29) is 17.5 Å². The molecule has 1 rings (SSSR count). The number of nitrogens with zero attached hydrogens (tertiary/aromatic N) is 2. The number of Topliss-reactive ketones (excluding diaryl/α,β-unsaturated/α-hetero) is 1. The second-order valence-corrected chi connectivity index (χ2v) is 4.22. The van der Waals surface area contributed by atoms with E-state index >= 15 is 0 Å². The van der Waals surface area contributed by atoms with Crippen molar-refractivity contribution in [2.45, 2.75) is 24.7 Å². The predicted molar refractivity (Wildman–Crippen MR) is 58.4 cm³/mol. The summed E-state index contributed by atoms with van der Waals surface area (Å²) < 4.78 is 41.1. The molecule has 0 radical (unpaired) electrons. The summed E-state index contributed by atoms with van der Waals surface area (Å²) >= 11 is 0.715. The highest BCUT2D eigenvalue weighted by molar-refractivity contribution is 7.99. The molecule has 0 aliphatic heterocycles. The number of aromatic amines is 1. The minimum Gasteiger partial charge on any atom is -0.466 e. The van der Waals surface area contributed by atoms with Crippen molar-refractivity contribution in [2.75, 3.05) is 12.4 Å². The van der Waals surface area contributed by atoms with E-state index in [1.54, 1.807) is 12.0 Å². The lowest BCUT2D eigenvalue weighted by Gasteiger charge is -2.00. The summed E-state index contributed by atoms with van der Waals surface area (Å²) in [5, 5.41) is 4.83. The van der Waals surface area contributed by atoms with Crippen LogP contribution in [0.25, 0.3) is 0 Å². The van der Waals surface area contributed by atoms with Crippen LogP contribution in [-0.2, 0) is 20.5 Å². The van der Waals surface area contributed by atoms with Crippen LogP contribution in [0.3, 0.4) is 0 Å². The van der Waals surface area contributed by atoms with Gasteiger partial charge in [0.15, 0.2) is 5.78 Å². The van der Waals surface area contributed by atoms with E-state index in [4.69, 9.17) is 0 Å². The van der Waals surface area contributed by atoms with Crippen LogP contribution in [-0.4, -0.2) is 39.3 Å². The van der Waals surface area contributed by atoms with Crippen molar-refractivity contribution in [3.8, 4) is 0 Å². The first-order chi connectivity index (χ1) is 8.82. The predicted octanol–water partition coefficient (Wildman–Crippen LogP) is 1.44. The second kappa shape index (κ2) is 6.55. The number of ketones is 1. The number of esters is 1. The molecule has 0 atom stereocenters. The van der Waals surface area contributed by atoms with Crippen molar-refractivity contribution in [1.29, 1.82) is 0 Å². The van der Waals surface area contributed by atoms with E-state index in [1.807, 2.05) is 0 Å². The van der Waals surface area contributed by atoms with E-state index < -0.39 is 30.2 Å². The molecule has 1 aromatic rings. The lowest BCUT2D eigenvalue weighted by Crippen LogP contribution is -2.12. The Morgan fingerprint density at radius 2 is 2.11 bits per heavy atom. The molecule has 6 nitrogen and oxygen atoms in total. The van der Waals surface area contributed by atoms with Crippen molar-refractivity contribution in [3.05, 3.63) is 5.82 Å². The van der Waals surface area contributed by atoms with Crippen LogP contribution in [0.15, 0.2) is 5.16 Å². The van der Waals surface area contributed by atoms with E-state index in [1.165, 1.54) is 0 Å². The summed E-state index contributed by atoms with van der Waals surface area (Å²) in [5.74, 6) is -2.57. The molecule has 1 heterocycles. The fourth-order valence-corrected chi connectivity index (χ4v) is 1.66. The number of thioether (sulfide) groups is 1. The van der Waals surface area contributed by atoms with Crippen LogP contribution in [0.1, 0.15) is 19.2 Å². The largest absolute Gasteiger partial charge is 0.466 e. The summed E-state index contributed by atoms with van der Waals surface area (Å²) in [6.45, 7) is 1.76. The van der Waals surface area contributed by atoms with Gasteiger partial charge in [0.25, 0.3) is 0 Å². The summed E-state index contributed by atoms with van der Waals surface area (Å²) in [6.07, 6.45) is -5.03. The molecule has 0 bridgehead atoms. The van der Waals surface area contributed by atoms with Crippen LogP contribution in [0, 0.1) is 0 Å². The van der Waals surface area contributed by atoms with E-state index in [9.17, 15) is 22.8 Å². The highest BCUT2D eigenvalue weighted by Crippen LogP contribution is 2.27. The molecule has 0 spiro atoms. The maximum Gasteiger partial charge on any atom is 0.451 e. The first kappa shape index (κ1) is 15.5. The summed E-state index contributed by atoms with van der Waals surface area (Å²) in [4.78, 5) is 25.4. The maximum atomic E-state index is 12.2. The summed E-state index contributed by atoms with van der Waals surface area (Å²) in [7, 11) is 0. The molecule has 10 heteroatoms. The molecule has 0 aliphatic rings. The fourth-order valence-electron chi connectivity index (χ4n) is 1.01. The van der Waals surface area contributed by atoms with Crippen molar-refractivity contribution < 1.29 is 27.5 Å². The van der Waals surface area contributed by atoms with Gasteiger partial charge in [-0.3, -0.25) is 14.7 Å². The van der Waals surface area contributed by atoms with Gasteiger partial charge in [0.1, 0.15) is 6.42 Å². The van der Waals surface area contributed by atoms with Gasteiger partial charge in [0.05, 0.1) is 12.4 Å². The third kappa shape index (κ3) is 5.28. The smallest absolute Gasteiger partial charge is 0.451 e. The summed E-state index contributed by atoms with van der Waals surface area (Å²) in [6, 6.07) is 0. The van der Waals surface area contributed by atoms with Gasteiger partial charge in [-0.2, -0.15) is 18.2 Å². The van der Waals surface area contributed by atoms with Crippen LogP contribution in [0.5, 0.6) is 0 Å². The Morgan fingerprint density at radius 1 is 1.42 bits per heavy atom. The van der Waals surface area contributed by atoms with Gasteiger partial charge in [0.2, 0.25) is 11.0 Å². The average molecular weight is 297 g/mol. The number of ether oxygens (including phenoxy) is 1. The molecule has 0 fully saturated rings.